The van der Waals surface area contributed by atoms with Gasteiger partial charge in [0.15, 0.2) is 17.5 Å². The lowest BCUT2D eigenvalue weighted by Gasteiger charge is -2.50. The summed E-state index contributed by atoms with van der Waals surface area (Å²) in [6.07, 6.45) is 3.07. The number of nitrogens with two attached hydrogens (primary N) is 2. The van der Waals surface area contributed by atoms with Crippen molar-refractivity contribution in [1.29, 1.82) is 0 Å². The van der Waals surface area contributed by atoms with Gasteiger partial charge < -0.3 is 26.4 Å². The maximum atomic E-state index is 13.2. The molecule has 1 aromatic carbocycles. The lowest BCUT2D eigenvalue weighted by atomic mass is 9.84. The Morgan fingerprint density at radius 1 is 1.30 bits per heavy atom. The fraction of sp³-hybridized carbons (Fsp3) is 0.393. The lowest BCUT2D eigenvalue weighted by Crippen LogP contribution is -2.76. The second kappa shape index (κ2) is 13.2. The van der Waals surface area contributed by atoms with Gasteiger partial charge in [-0.1, -0.05) is 11.2 Å². The van der Waals surface area contributed by atoms with Crippen LogP contribution in [-0.4, -0.2) is 77.9 Å². The first kappa shape index (κ1) is 33.0. The summed E-state index contributed by atoms with van der Waals surface area (Å²) < 4.78 is 43.7. The van der Waals surface area contributed by atoms with Crippen LogP contribution in [0.4, 0.5) is 10.9 Å². The van der Waals surface area contributed by atoms with Gasteiger partial charge >= 0.3 is 10.4 Å². The zero-order chi connectivity index (χ0) is 33.2. The number of nitrogens with one attached hydrogen (secondary N) is 2. The summed E-state index contributed by atoms with van der Waals surface area (Å²) in [6, 6.07) is 8.88. The first-order valence-electron chi connectivity index (χ1n) is 14.2. The molecule has 1 saturated heterocycles. The SMILES string of the molecule is C[n+]1cc(-c2ccc3c(c2)CC[C@H](CO/N=C(\C(=O)NC2C(=O)N(OS(=O)(=O)O)C2(C)C)c2csc(N)n2)O3)ccc1NCCN. The van der Waals surface area contributed by atoms with Gasteiger partial charge in [0.1, 0.15) is 23.6 Å². The van der Waals surface area contributed by atoms with Crippen molar-refractivity contribution in [3.05, 3.63) is 53.2 Å². The lowest BCUT2D eigenvalue weighted by molar-refractivity contribution is -0.656. The fourth-order valence-electron chi connectivity index (χ4n) is 5.11. The molecule has 1 fully saturated rings. The smallest absolute Gasteiger partial charge is 0.418 e. The Bertz CT molecular complexity index is 1780. The Balaban J connectivity index is 1.23. The molecule has 4 heterocycles. The van der Waals surface area contributed by atoms with E-state index in [2.05, 4.69) is 31.1 Å². The minimum absolute atomic E-state index is 0.0223. The van der Waals surface area contributed by atoms with Crippen molar-refractivity contribution in [1.82, 2.24) is 15.4 Å². The number of hydrogen-bond acceptors (Lipinski definition) is 13. The van der Waals surface area contributed by atoms with Gasteiger partial charge in [-0.25, -0.2) is 9.55 Å². The molecule has 2 aromatic heterocycles. The Morgan fingerprint density at radius 2 is 2.07 bits per heavy atom. The molecule has 2 aliphatic rings. The van der Waals surface area contributed by atoms with E-state index in [0.717, 1.165) is 46.0 Å². The standard InChI is InChI=1S/C28H34N8O8S2/c1-28(2)24(26(38)36(28)44-46(39,40)41)33-25(37)23(20-15-45-27(30)32-20)34-42-14-19-7-4-17-12-16(5-8-21(17)43-19)18-6-9-22(31-11-10-29)35(3)13-18/h5-6,8-9,12-13,15,19,24H,4,7,10-11,14,29H2,1-3H3,(H4,30,32,33,37,39,40,41)/p+1/b34-23-/t19-,24?/m1/s1. The Morgan fingerprint density at radius 3 is 2.72 bits per heavy atom. The summed E-state index contributed by atoms with van der Waals surface area (Å²) in [7, 11) is -2.98. The van der Waals surface area contributed by atoms with E-state index in [0.29, 0.717) is 24.6 Å². The fourth-order valence-corrected chi connectivity index (χ4v) is 6.11. The summed E-state index contributed by atoms with van der Waals surface area (Å²) in [6.45, 7) is 4.14. The molecule has 2 atom stereocenters. The van der Waals surface area contributed by atoms with Crippen molar-refractivity contribution in [2.75, 3.05) is 30.7 Å². The second-order valence-electron chi connectivity index (χ2n) is 11.2. The second-order valence-corrected chi connectivity index (χ2v) is 13.1. The number of hydrogen-bond donors (Lipinski definition) is 5. The van der Waals surface area contributed by atoms with Crippen LogP contribution in [0.1, 0.15) is 31.5 Å². The number of nitrogen functional groups attached to an aromatic ring is 1. The van der Waals surface area contributed by atoms with Gasteiger partial charge in [-0.2, -0.15) is 13.5 Å². The summed E-state index contributed by atoms with van der Waals surface area (Å²) in [4.78, 5) is 35.4. The van der Waals surface area contributed by atoms with Crippen LogP contribution in [0, 0.1) is 0 Å². The molecule has 2 amide bonds. The van der Waals surface area contributed by atoms with Gasteiger partial charge in [0, 0.05) is 23.6 Å². The van der Waals surface area contributed by atoms with Crippen molar-refractivity contribution in [3.63, 3.8) is 0 Å². The van der Waals surface area contributed by atoms with Crippen molar-refractivity contribution in [2.45, 2.75) is 44.4 Å². The highest BCUT2D eigenvalue weighted by Crippen LogP contribution is 2.34. The number of anilines is 2. The molecule has 246 valence electrons. The van der Waals surface area contributed by atoms with E-state index in [1.54, 1.807) is 0 Å². The van der Waals surface area contributed by atoms with Crippen LogP contribution in [0.25, 0.3) is 11.1 Å². The van der Waals surface area contributed by atoms with Crippen molar-refractivity contribution < 1.29 is 41.0 Å². The van der Waals surface area contributed by atoms with Crippen LogP contribution in [0.2, 0.25) is 0 Å². The molecule has 0 radical (unpaired) electrons. The van der Waals surface area contributed by atoms with E-state index >= 15 is 0 Å². The van der Waals surface area contributed by atoms with Gasteiger partial charge in [-0.05, 0) is 56.0 Å². The van der Waals surface area contributed by atoms with Crippen molar-refractivity contribution in [2.24, 2.45) is 17.9 Å². The average molecular weight is 676 g/mol. The number of aromatic nitrogens is 2. The molecule has 2 aliphatic heterocycles. The van der Waals surface area contributed by atoms with Gasteiger partial charge in [0.25, 0.3) is 17.6 Å². The molecule has 7 N–H and O–H groups in total. The summed E-state index contributed by atoms with van der Waals surface area (Å²) in [5.74, 6) is -0.0119. The molecule has 3 aromatic rings. The highest BCUT2D eigenvalue weighted by atomic mass is 32.3. The maximum absolute atomic E-state index is 13.2. The number of nitrogens with zero attached hydrogens (tertiary/aromatic N) is 4. The highest BCUT2D eigenvalue weighted by Gasteiger charge is 2.58. The number of fused-ring (bicyclic) bond motifs is 1. The Labute approximate surface area is 269 Å². The zero-order valence-electron chi connectivity index (χ0n) is 25.3. The number of β-lactam (4-membered cyclic amide) rings is 1. The van der Waals surface area contributed by atoms with E-state index in [1.807, 2.05) is 42.1 Å². The minimum Gasteiger partial charge on any atom is -0.486 e. The number of hydroxylamine groups is 2. The largest absolute Gasteiger partial charge is 0.486 e. The van der Waals surface area contributed by atoms with Crippen LogP contribution < -0.4 is 31.4 Å². The van der Waals surface area contributed by atoms with Crippen LogP contribution in [0.15, 0.2) is 47.1 Å². The quantitative estimate of drug-likeness (QED) is 0.0583. The van der Waals surface area contributed by atoms with Crippen molar-refractivity contribution in [3.8, 4) is 16.9 Å². The van der Waals surface area contributed by atoms with E-state index < -0.39 is 33.8 Å². The number of amides is 2. The Hall–Kier alpha value is -4.36. The van der Waals surface area contributed by atoms with Gasteiger partial charge in [-0.15, -0.1) is 15.6 Å². The number of rotatable bonds is 12. The predicted molar refractivity (Wildman–Crippen MR) is 168 cm³/mol. The number of thiazole rings is 1. The first-order valence-corrected chi connectivity index (χ1v) is 16.5. The number of aryl methyl sites for hydroxylation is 2. The predicted octanol–water partition coefficient (Wildman–Crippen LogP) is 0.542. The molecule has 46 heavy (non-hydrogen) atoms. The molecule has 18 heteroatoms. The van der Waals surface area contributed by atoms with Crippen LogP contribution in [-0.2, 0) is 42.6 Å². The molecule has 1 unspecified atom stereocenters. The van der Waals surface area contributed by atoms with Crippen LogP contribution in [0.3, 0.4) is 0 Å². The van der Waals surface area contributed by atoms with E-state index in [4.69, 9.17) is 25.6 Å². The number of oxime groups is 1. The zero-order valence-corrected chi connectivity index (χ0v) is 26.9. The maximum Gasteiger partial charge on any atom is 0.418 e. The first-order chi connectivity index (χ1) is 21.8. The molecule has 0 spiro atoms. The topological polar surface area (TPSA) is 225 Å². The monoisotopic (exact) mass is 675 g/mol. The third-order valence-corrected chi connectivity index (χ3v) is 8.54. The van der Waals surface area contributed by atoms with Gasteiger partial charge in [0.2, 0.25) is 0 Å². The van der Waals surface area contributed by atoms with Gasteiger partial charge in [0.05, 0.1) is 25.3 Å². The summed E-state index contributed by atoms with van der Waals surface area (Å²) >= 11 is 1.08. The van der Waals surface area contributed by atoms with Gasteiger partial charge in [-0.3, -0.25) is 19.5 Å². The number of ether oxygens (including phenoxy) is 1. The van der Waals surface area contributed by atoms with Crippen LogP contribution >= 0.6 is 11.3 Å². The number of carbonyl (C=O) groups is 2. The normalized spacial score (nSPS) is 19.1. The molecule has 0 bridgehead atoms. The summed E-state index contributed by atoms with van der Waals surface area (Å²) in [5, 5.41) is 11.9. The highest BCUT2D eigenvalue weighted by molar-refractivity contribution is 7.80. The minimum atomic E-state index is -4.95. The van der Waals surface area contributed by atoms with Crippen molar-refractivity contribution >= 4 is 50.2 Å². The molecule has 0 saturated carbocycles. The molecule has 5 rings (SSSR count). The number of pyridine rings is 1. The van der Waals surface area contributed by atoms with E-state index in [1.165, 1.54) is 19.2 Å². The molecule has 0 aliphatic carbocycles. The van der Waals surface area contributed by atoms with E-state index in [9.17, 15) is 18.0 Å². The number of carbonyl (C=O) groups excluding carboxylic acids is 2. The van der Waals surface area contributed by atoms with Crippen LogP contribution in [0.5, 0.6) is 5.75 Å². The molecular formula is C28H35N8O8S2+. The third kappa shape index (κ3) is 7.20. The average Bonchev–Trinajstić information content (AvgIpc) is 3.44. The molecular weight excluding hydrogens is 640 g/mol. The number of benzene rings is 1. The third-order valence-electron chi connectivity index (χ3n) is 7.52. The summed E-state index contributed by atoms with van der Waals surface area (Å²) in [5.41, 5.74) is 13.1. The van der Waals surface area contributed by atoms with E-state index in [-0.39, 0.29) is 29.2 Å². The molecule has 16 nitrogen and oxygen atoms in total. The Kier molecular flexibility index (Phi) is 9.45.